The van der Waals surface area contributed by atoms with Crippen molar-refractivity contribution < 1.29 is 14.3 Å². The normalized spacial score (nSPS) is 17.3. The molecule has 2 aromatic rings. The summed E-state index contributed by atoms with van der Waals surface area (Å²) in [6.45, 7) is -0.170. The Morgan fingerprint density at radius 1 is 1.13 bits per heavy atom. The fourth-order valence-corrected chi connectivity index (χ4v) is 2.86. The van der Waals surface area contributed by atoms with E-state index in [1.54, 1.807) is 24.3 Å². The van der Waals surface area contributed by atoms with Crippen molar-refractivity contribution in [1.29, 1.82) is 0 Å². The van der Waals surface area contributed by atoms with Crippen LogP contribution in [-0.2, 0) is 9.59 Å². The zero-order valence-corrected chi connectivity index (χ0v) is 13.2. The minimum Gasteiger partial charge on any atom is -0.484 e. The molecule has 3 rings (SSSR count). The molecule has 1 atom stereocenters. The van der Waals surface area contributed by atoms with E-state index in [0.29, 0.717) is 23.6 Å². The molecule has 1 saturated heterocycles. The summed E-state index contributed by atoms with van der Waals surface area (Å²) in [7, 11) is 0. The number of ether oxygens (including phenoxy) is 1. The van der Waals surface area contributed by atoms with Crippen molar-refractivity contribution in [3.63, 3.8) is 0 Å². The fraction of sp³-hybridized carbons (Fsp3) is 0.222. The van der Waals surface area contributed by atoms with Crippen LogP contribution >= 0.6 is 11.6 Å². The molecule has 0 spiro atoms. The molecule has 2 aromatic carbocycles. The Balaban J connectivity index is 1.69. The lowest BCUT2D eigenvalue weighted by molar-refractivity contribution is -0.145. The summed E-state index contributed by atoms with van der Waals surface area (Å²) < 4.78 is 5.47. The number of rotatable bonds is 4. The Bertz CT molecular complexity index is 700. The van der Waals surface area contributed by atoms with Crippen molar-refractivity contribution in [2.75, 3.05) is 6.61 Å². The van der Waals surface area contributed by atoms with Crippen molar-refractivity contribution in [1.82, 2.24) is 4.90 Å². The molecule has 2 amide bonds. The molecule has 0 bridgehead atoms. The fourth-order valence-electron chi connectivity index (χ4n) is 2.73. The Labute approximate surface area is 139 Å². The number of benzene rings is 2. The SMILES string of the molecule is O=C1CC[C@@H](c2ccccc2)N1C(=O)COc1ccc(Cl)cc1. The van der Waals surface area contributed by atoms with Gasteiger partial charge in [-0.25, -0.2) is 0 Å². The molecule has 0 saturated carbocycles. The largest absolute Gasteiger partial charge is 0.484 e. The van der Waals surface area contributed by atoms with Crippen LogP contribution in [0.5, 0.6) is 5.75 Å². The molecular weight excluding hydrogens is 314 g/mol. The highest BCUT2D eigenvalue weighted by Crippen LogP contribution is 2.32. The first-order valence-electron chi connectivity index (χ1n) is 7.43. The molecule has 1 aliphatic heterocycles. The highest BCUT2D eigenvalue weighted by atomic mass is 35.5. The van der Waals surface area contributed by atoms with E-state index >= 15 is 0 Å². The van der Waals surface area contributed by atoms with Crippen LogP contribution in [0.2, 0.25) is 5.02 Å². The smallest absolute Gasteiger partial charge is 0.267 e. The summed E-state index contributed by atoms with van der Waals surface area (Å²) in [5.41, 5.74) is 0.971. The van der Waals surface area contributed by atoms with Crippen LogP contribution in [0.15, 0.2) is 54.6 Å². The summed E-state index contributed by atoms with van der Waals surface area (Å²) in [6, 6.07) is 16.2. The first kappa shape index (κ1) is 15.6. The minimum absolute atomic E-state index is 0.149. The Kier molecular flexibility index (Phi) is 4.63. The number of amides is 2. The molecular formula is C18H16ClNO3. The van der Waals surface area contributed by atoms with Crippen LogP contribution in [-0.4, -0.2) is 23.3 Å². The quantitative estimate of drug-likeness (QED) is 0.861. The second-order valence-corrected chi connectivity index (χ2v) is 5.80. The molecule has 1 aliphatic rings. The standard InChI is InChI=1S/C18H16ClNO3/c19-14-6-8-15(9-7-14)23-12-18(22)20-16(10-11-17(20)21)13-4-2-1-3-5-13/h1-9,16H,10-12H2/t16-/m0/s1. The zero-order valence-electron chi connectivity index (χ0n) is 12.4. The molecule has 5 heteroatoms. The molecule has 1 fully saturated rings. The van der Waals surface area contributed by atoms with Gasteiger partial charge in [0.25, 0.3) is 5.91 Å². The van der Waals surface area contributed by atoms with Gasteiger partial charge in [0.2, 0.25) is 5.91 Å². The number of hydrogen-bond donors (Lipinski definition) is 0. The average Bonchev–Trinajstić information content (AvgIpc) is 2.96. The molecule has 0 N–H and O–H groups in total. The molecule has 1 heterocycles. The lowest BCUT2D eigenvalue weighted by Gasteiger charge is -2.23. The first-order valence-corrected chi connectivity index (χ1v) is 7.81. The van der Waals surface area contributed by atoms with Gasteiger partial charge in [0.05, 0.1) is 6.04 Å². The van der Waals surface area contributed by atoms with Gasteiger partial charge in [-0.15, -0.1) is 0 Å². The molecule has 0 unspecified atom stereocenters. The first-order chi connectivity index (χ1) is 11.1. The lowest BCUT2D eigenvalue weighted by Crippen LogP contribution is -2.37. The van der Waals surface area contributed by atoms with E-state index in [1.807, 2.05) is 30.3 Å². The zero-order chi connectivity index (χ0) is 16.2. The van der Waals surface area contributed by atoms with Crippen LogP contribution in [0.1, 0.15) is 24.4 Å². The Hall–Kier alpha value is -2.33. The maximum absolute atomic E-state index is 12.4. The number of carbonyl (C=O) groups is 2. The van der Waals surface area contributed by atoms with Crippen LogP contribution in [0.4, 0.5) is 0 Å². The summed E-state index contributed by atoms with van der Waals surface area (Å²) in [6.07, 6.45) is 1.03. The topological polar surface area (TPSA) is 46.6 Å². The van der Waals surface area contributed by atoms with E-state index in [1.165, 1.54) is 4.90 Å². The second-order valence-electron chi connectivity index (χ2n) is 5.37. The van der Waals surface area contributed by atoms with Gasteiger partial charge in [-0.2, -0.15) is 0 Å². The second kappa shape index (κ2) is 6.84. The van der Waals surface area contributed by atoms with Gasteiger partial charge in [-0.1, -0.05) is 41.9 Å². The maximum atomic E-state index is 12.4. The van der Waals surface area contributed by atoms with Crippen molar-refractivity contribution in [2.45, 2.75) is 18.9 Å². The number of carbonyl (C=O) groups excluding carboxylic acids is 2. The number of hydrogen-bond acceptors (Lipinski definition) is 3. The van der Waals surface area contributed by atoms with E-state index in [9.17, 15) is 9.59 Å². The van der Waals surface area contributed by atoms with Gasteiger partial charge >= 0.3 is 0 Å². The van der Waals surface area contributed by atoms with Crippen LogP contribution in [0, 0.1) is 0 Å². The van der Waals surface area contributed by atoms with Crippen LogP contribution in [0.3, 0.4) is 0 Å². The van der Waals surface area contributed by atoms with Gasteiger partial charge in [0.1, 0.15) is 5.75 Å². The third kappa shape index (κ3) is 3.54. The number of imide groups is 1. The third-order valence-corrected chi connectivity index (χ3v) is 4.09. The van der Waals surface area contributed by atoms with Crippen LogP contribution in [0.25, 0.3) is 0 Å². The van der Waals surface area contributed by atoms with Crippen molar-refractivity contribution in [2.24, 2.45) is 0 Å². The van der Waals surface area contributed by atoms with E-state index < -0.39 is 0 Å². The molecule has 0 aromatic heterocycles. The van der Waals surface area contributed by atoms with Crippen LogP contribution < -0.4 is 4.74 Å². The van der Waals surface area contributed by atoms with Crippen molar-refractivity contribution >= 4 is 23.4 Å². The van der Waals surface area contributed by atoms with E-state index in [-0.39, 0.29) is 24.5 Å². The summed E-state index contributed by atoms with van der Waals surface area (Å²) in [5, 5.41) is 0.600. The van der Waals surface area contributed by atoms with Crippen molar-refractivity contribution in [3.8, 4) is 5.75 Å². The van der Waals surface area contributed by atoms with E-state index in [0.717, 1.165) is 5.56 Å². The monoisotopic (exact) mass is 329 g/mol. The van der Waals surface area contributed by atoms with Gasteiger partial charge < -0.3 is 4.74 Å². The number of halogens is 1. The van der Waals surface area contributed by atoms with Crippen molar-refractivity contribution in [3.05, 3.63) is 65.2 Å². The summed E-state index contributed by atoms with van der Waals surface area (Å²) >= 11 is 5.81. The van der Waals surface area contributed by atoms with Gasteiger partial charge in [-0.3, -0.25) is 14.5 Å². The Morgan fingerprint density at radius 3 is 2.52 bits per heavy atom. The Morgan fingerprint density at radius 2 is 1.83 bits per heavy atom. The van der Waals surface area contributed by atoms with Gasteiger partial charge in [0.15, 0.2) is 6.61 Å². The predicted molar refractivity (Wildman–Crippen MR) is 87.2 cm³/mol. The number of nitrogens with zero attached hydrogens (tertiary/aromatic N) is 1. The highest BCUT2D eigenvalue weighted by Gasteiger charge is 2.36. The molecule has 23 heavy (non-hydrogen) atoms. The summed E-state index contributed by atoms with van der Waals surface area (Å²) in [4.78, 5) is 25.8. The molecule has 118 valence electrons. The van der Waals surface area contributed by atoms with Gasteiger partial charge in [0, 0.05) is 11.4 Å². The maximum Gasteiger partial charge on any atom is 0.267 e. The number of likely N-dealkylation sites (tertiary alicyclic amines) is 1. The van der Waals surface area contributed by atoms with Gasteiger partial charge in [-0.05, 0) is 36.2 Å². The average molecular weight is 330 g/mol. The van der Waals surface area contributed by atoms with E-state index in [4.69, 9.17) is 16.3 Å². The molecule has 0 radical (unpaired) electrons. The van der Waals surface area contributed by atoms with E-state index in [2.05, 4.69) is 0 Å². The third-order valence-electron chi connectivity index (χ3n) is 3.84. The molecule has 4 nitrogen and oxygen atoms in total. The predicted octanol–water partition coefficient (Wildman–Crippen LogP) is 3.61. The molecule has 0 aliphatic carbocycles. The lowest BCUT2D eigenvalue weighted by atomic mass is 10.0. The minimum atomic E-state index is -0.323. The highest BCUT2D eigenvalue weighted by molar-refractivity contribution is 6.30. The summed E-state index contributed by atoms with van der Waals surface area (Å²) in [5.74, 6) is 0.0746.